The van der Waals surface area contributed by atoms with Gasteiger partial charge in [0.2, 0.25) is 5.91 Å². The number of amides is 1. The number of sulfone groups is 1. The third-order valence-corrected chi connectivity index (χ3v) is 7.86. The normalized spacial score (nSPS) is 22.6. The van der Waals surface area contributed by atoms with Gasteiger partial charge in [0.05, 0.1) is 22.8 Å². The molecule has 0 saturated carbocycles. The number of hydrogen-bond acceptors (Lipinski definition) is 7. The molecule has 3 heterocycles. The predicted molar refractivity (Wildman–Crippen MR) is 104 cm³/mol. The fraction of sp³-hybridized carbons (Fsp3) is 0.611. The smallest absolute Gasteiger partial charge is 0.233 e. The first kappa shape index (κ1) is 20.1. The molecular weight excluding hydrogens is 384 g/mol. The number of rotatable bonds is 4. The van der Waals surface area contributed by atoms with Crippen LogP contribution in [0.2, 0.25) is 0 Å². The number of nitriles is 1. The van der Waals surface area contributed by atoms with Crippen molar-refractivity contribution in [3.8, 4) is 6.07 Å². The minimum absolute atomic E-state index is 0.0311. The molecule has 1 amide bonds. The number of thioether (sulfide) groups is 1. The lowest BCUT2D eigenvalue weighted by atomic mass is 10.1. The Morgan fingerprint density at radius 2 is 2.04 bits per heavy atom. The summed E-state index contributed by atoms with van der Waals surface area (Å²) >= 11 is 1.31. The Balaban J connectivity index is 1.53. The first-order valence-electron chi connectivity index (χ1n) is 9.02. The SMILES string of the molecule is Cc1cc(C)c(C#N)c(SCC(=O)N2CCN(C3CCS(=O)(=O)C3)CC2)n1. The molecule has 0 aliphatic carbocycles. The lowest BCUT2D eigenvalue weighted by Crippen LogP contribution is -2.52. The lowest BCUT2D eigenvalue weighted by molar-refractivity contribution is -0.130. The number of aromatic nitrogens is 1. The Kier molecular flexibility index (Phi) is 6.08. The van der Waals surface area contributed by atoms with Crippen LogP contribution in [0.25, 0.3) is 0 Å². The van der Waals surface area contributed by atoms with Crippen LogP contribution >= 0.6 is 11.8 Å². The van der Waals surface area contributed by atoms with Crippen LogP contribution in [-0.4, -0.2) is 78.6 Å². The summed E-state index contributed by atoms with van der Waals surface area (Å²) in [7, 11) is -2.89. The number of piperazine rings is 1. The van der Waals surface area contributed by atoms with Crippen molar-refractivity contribution in [2.75, 3.05) is 43.4 Å². The summed E-state index contributed by atoms with van der Waals surface area (Å²) in [6.45, 7) is 6.40. The van der Waals surface area contributed by atoms with E-state index in [1.54, 1.807) is 0 Å². The second-order valence-electron chi connectivity index (χ2n) is 7.13. The highest BCUT2D eigenvalue weighted by atomic mass is 32.2. The van der Waals surface area contributed by atoms with Crippen molar-refractivity contribution in [1.82, 2.24) is 14.8 Å². The second-order valence-corrected chi connectivity index (χ2v) is 10.3. The molecule has 0 spiro atoms. The van der Waals surface area contributed by atoms with E-state index < -0.39 is 9.84 Å². The number of carbonyl (C=O) groups excluding carboxylic acids is 1. The summed E-state index contributed by atoms with van der Waals surface area (Å²) in [5.41, 5.74) is 2.24. The fourth-order valence-electron chi connectivity index (χ4n) is 3.66. The zero-order valence-electron chi connectivity index (χ0n) is 15.6. The van der Waals surface area contributed by atoms with Gasteiger partial charge in [-0.15, -0.1) is 0 Å². The van der Waals surface area contributed by atoms with Crippen LogP contribution in [0, 0.1) is 25.2 Å². The second kappa shape index (κ2) is 8.17. The van der Waals surface area contributed by atoms with Crippen molar-refractivity contribution in [1.29, 1.82) is 5.26 Å². The van der Waals surface area contributed by atoms with Gasteiger partial charge < -0.3 is 4.90 Å². The maximum absolute atomic E-state index is 12.6. The van der Waals surface area contributed by atoms with Crippen LogP contribution in [0.3, 0.4) is 0 Å². The van der Waals surface area contributed by atoms with Gasteiger partial charge in [0.25, 0.3) is 0 Å². The third kappa shape index (κ3) is 4.81. The molecule has 27 heavy (non-hydrogen) atoms. The summed E-state index contributed by atoms with van der Waals surface area (Å²) in [5, 5.41) is 9.94. The number of hydrogen-bond donors (Lipinski definition) is 0. The van der Waals surface area contributed by atoms with Crippen LogP contribution in [0.1, 0.15) is 23.2 Å². The molecular formula is C18H24N4O3S2. The Morgan fingerprint density at radius 1 is 1.33 bits per heavy atom. The summed E-state index contributed by atoms with van der Waals surface area (Å²) in [5.74, 6) is 0.801. The van der Waals surface area contributed by atoms with E-state index in [0.29, 0.717) is 43.2 Å². The molecule has 1 atom stereocenters. The third-order valence-electron chi connectivity index (χ3n) is 5.15. The molecule has 2 fully saturated rings. The van der Waals surface area contributed by atoms with Crippen molar-refractivity contribution < 1.29 is 13.2 Å². The lowest BCUT2D eigenvalue weighted by Gasteiger charge is -2.37. The minimum atomic E-state index is -2.89. The zero-order chi connectivity index (χ0) is 19.6. The van der Waals surface area contributed by atoms with Gasteiger partial charge in [0.1, 0.15) is 11.1 Å². The molecule has 1 unspecified atom stereocenters. The predicted octanol–water partition coefficient (Wildman–Crippen LogP) is 0.994. The number of carbonyl (C=O) groups is 1. The number of nitrogens with zero attached hydrogens (tertiary/aromatic N) is 4. The topological polar surface area (TPSA) is 94.4 Å². The van der Waals surface area contributed by atoms with Crippen LogP contribution in [0.5, 0.6) is 0 Å². The van der Waals surface area contributed by atoms with Gasteiger partial charge in [-0.25, -0.2) is 13.4 Å². The van der Waals surface area contributed by atoms with Crippen LogP contribution < -0.4 is 0 Å². The Labute approximate surface area is 164 Å². The first-order valence-corrected chi connectivity index (χ1v) is 11.8. The van der Waals surface area contributed by atoms with Crippen molar-refractivity contribution in [3.05, 3.63) is 22.9 Å². The van der Waals surface area contributed by atoms with E-state index in [1.165, 1.54) is 11.8 Å². The Hall–Kier alpha value is -1.63. The fourth-order valence-corrected chi connectivity index (χ4v) is 6.43. The maximum Gasteiger partial charge on any atom is 0.233 e. The van der Waals surface area contributed by atoms with Gasteiger partial charge in [-0.2, -0.15) is 5.26 Å². The standard InChI is InChI=1S/C18H24N4O3S2/c1-13-9-14(2)20-18(16(13)10-19)26-11-17(23)22-6-4-21(5-7-22)15-3-8-27(24,25)12-15/h9,15H,3-8,11-12H2,1-2H3. The molecule has 1 aromatic heterocycles. The van der Waals surface area contributed by atoms with Gasteiger partial charge in [-0.05, 0) is 31.9 Å². The van der Waals surface area contributed by atoms with Crippen molar-refractivity contribution in [3.63, 3.8) is 0 Å². The average Bonchev–Trinajstić information content (AvgIpc) is 2.99. The van der Waals surface area contributed by atoms with Crippen molar-refractivity contribution in [2.24, 2.45) is 0 Å². The van der Waals surface area contributed by atoms with Gasteiger partial charge >= 0.3 is 0 Å². The molecule has 146 valence electrons. The highest BCUT2D eigenvalue weighted by molar-refractivity contribution is 8.00. The van der Waals surface area contributed by atoms with Gasteiger partial charge in [-0.3, -0.25) is 9.69 Å². The minimum Gasteiger partial charge on any atom is -0.339 e. The van der Waals surface area contributed by atoms with Gasteiger partial charge in [0.15, 0.2) is 9.84 Å². The molecule has 7 nitrogen and oxygen atoms in total. The molecule has 0 bridgehead atoms. The maximum atomic E-state index is 12.6. The Morgan fingerprint density at radius 3 is 2.63 bits per heavy atom. The van der Waals surface area contributed by atoms with E-state index in [4.69, 9.17) is 0 Å². The molecule has 0 radical (unpaired) electrons. The molecule has 9 heteroatoms. The van der Waals surface area contributed by atoms with E-state index >= 15 is 0 Å². The van der Waals surface area contributed by atoms with E-state index in [2.05, 4.69) is 16.0 Å². The summed E-state index contributed by atoms with van der Waals surface area (Å²) in [6, 6.07) is 4.14. The summed E-state index contributed by atoms with van der Waals surface area (Å²) < 4.78 is 23.3. The Bertz CT molecular complexity index is 871. The molecule has 3 rings (SSSR count). The largest absolute Gasteiger partial charge is 0.339 e. The molecule has 1 aromatic rings. The summed E-state index contributed by atoms with van der Waals surface area (Å²) in [6.07, 6.45) is 0.696. The summed E-state index contributed by atoms with van der Waals surface area (Å²) in [4.78, 5) is 21.0. The van der Waals surface area contributed by atoms with E-state index in [1.807, 2.05) is 24.8 Å². The van der Waals surface area contributed by atoms with Crippen molar-refractivity contribution >= 4 is 27.5 Å². The van der Waals surface area contributed by atoms with E-state index in [9.17, 15) is 18.5 Å². The monoisotopic (exact) mass is 408 g/mol. The van der Waals surface area contributed by atoms with E-state index in [-0.39, 0.29) is 29.2 Å². The van der Waals surface area contributed by atoms with Crippen LogP contribution in [0.15, 0.2) is 11.1 Å². The number of pyridine rings is 1. The van der Waals surface area contributed by atoms with Gasteiger partial charge in [0, 0.05) is 37.9 Å². The van der Waals surface area contributed by atoms with Crippen LogP contribution in [0.4, 0.5) is 0 Å². The highest BCUT2D eigenvalue weighted by Crippen LogP contribution is 2.24. The first-order chi connectivity index (χ1) is 12.8. The molecule has 2 aliphatic heterocycles. The van der Waals surface area contributed by atoms with E-state index in [0.717, 1.165) is 11.3 Å². The zero-order valence-corrected chi connectivity index (χ0v) is 17.3. The molecule has 0 aromatic carbocycles. The van der Waals surface area contributed by atoms with Gasteiger partial charge in [-0.1, -0.05) is 11.8 Å². The van der Waals surface area contributed by atoms with Crippen molar-refractivity contribution in [2.45, 2.75) is 31.3 Å². The highest BCUT2D eigenvalue weighted by Gasteiger charge is 2.34. The molecule has 2 saturated heterocycles. The van der Waals surface area contributed by atoms with Crippen LogP contribution in [-0.2, 0) is 14.6 Å². The molecule has 2 aliphatic rings. The molecule has 0 N–H and O–H groups in total. The quantitative estimate of drug-likeness (QED) is 0.686. The number of aryl methyl sites for hydroxylation is 2. The average molecular weight is 409 g/mol.